The van der Waals surface area contributed by atoms with Gasteiger partial charge in [0.15, 0.2) is 5.95 Å². The van der Waals surface area contributed by atoms with E-state index in [-0.39, 0.29) is 12.3 Å². The average Bonchev–Trinajstić information content (AvgIpc) is 3.49. The molecule has 0 saturated heterocycles. The van der Waals surface area contributed by atoms with Crippen LogP contribution in [0.2, 0.25) is 0 Å². The van der Waals surface area contributed by atoms with Gasteiger partial charge in [0.1, 0.15) is 11.8 Å². The van der Waals surface area contributed by atoms with Crippen LogP contribution in [-0.4, -0.2) is 33.0 Å². The number of nitrogens with one attached hydrogen (secondary N) is 3. The zero-order chi connectivity index (χ0) is 24.9. The van der Waals surface area contributed by atoms with Crippen molar-refractivity contribution in [3.8, 4) is 11.3 Å². The van der Waals surface area contributed by atoms with E-state index >= 15 is 0 Å². The van der Waals surface area contributed by atoms with Gasteiger partial charge in [0.2, 0.25) is 0 Å². The molecule has 4 rings (SSSR count). The molecule has 4 aromatic rings. The maximum atomic E-state index is 12.9. The fourth-order valence-electron chi connectivity index (χ4n) is 4.18. The van der Waals surface area contributed by atoms with Gasteiger partial charge in [0, 0.05) is 42.0 Å². The minimum Gasteiger partial charge on any atom is -0.480 e. The Hall–Kier alpha value is -4.33. The van der Waals surface area contributed by atoms with Gasteiger partial charge >= 0.3 is 5.97 Å². The van der Waals surface area contributed by atoms with Crippen molar-refractivity contribution in [1.29, 1.82) is 0 Å². The fourth-order valence-corrected chi connectivity index (χ4v) is 4.18. The molecular formula is C27H28N4O4. The number of aromatic nitrogens is 2. The first-order valence-corrected chi connectivity index (χ1v) is 11.3. The Balaban J connectivity index is 1.41. The normalized spacial score (nSPS) is 11.7. The summed E-state index contributed by atoms with van der Waals surface area (Å²) < 4.78 is 5.69. The van der Waals surface area contributed by atoms with Crippen LogP contribution in [0.15, 0.2) is 65.5 Å². The summed E-state index contributed by atoms with van der Waals surface area (Å²) in [6, 6.07) is 12.2. The molecule has 8 nitrogen and oxygen atoms in total. The van der Waals surface area contributed by atoms with Crippen LogP contribution >= 0.6 is 0 Å². The van der Waals surface area contributed by atoms with E-state index in [9.17, 15) is 14.7 Å². The number of benzene rings is 2. The van der Waals surface area contributed by atoms with Gasteiger partial charge in [-0.25, -0.2) is 9.78 Å². The lowest BCUT2D eigenvalue weighted by atomic mass is 9.98. The molecule has 1 atom stereocenters. The number of rotatable bonds is 9. The molecule has 180 valence electrons. The van der Waals surface area contributed by atoms with Gasteiger partial charge in [-0.15, -0.1) is 0 Å². The summed E-state index contributed by atoms with van der Waals surface area (Å²) in [7, 11) is 0. The van der Waals surface area contributed by atoms with E-state index in [1.54, 1.807) is 18.7 Å². The van der Waals surface area contributed by atoms with E-state index in [4.69, 9.17) is 4.42 Å². The van der Waals surface area contributed by atoms with Gasteiger partial charge in [-0.05, 0) is 43.5 Å². The Kier molecular flexibility index (Phi) is 7.01. The van der Waals surface area contributed by atoms with Crippen molar-refractivity contribution in [3.63, 3.8) is 0 Å². The molecule has 0 aliphatic carbocycles. The molecular weight excluding hydrogens is 444 g/mol. The number of furan rings is 1. The highest BCUT2D eigenvalue weighted by Crippen LogP contribution is 2.24. The summed E-state index contributed by atoms with van der Waals surface area (Å²) in [5.41, 5.74) is 5.87. The number of aliphatic carboxylic acids is 1. The molecule has 1 amide bonds. The Labute approximate surface area is 203 Å². The number of carboxylic acids is 1. The van der Waals surface area contributed by atoms with E-state index in [1.807, 2.05) is 63.2 Å². The zero-order valence-corrected chi connectivity index (χ0v) is 19.9. The first kappa shape index (κ1) is 23.8. The summed E-state index contributed by atoms with van der Waals surface area (Å²) in [6.45, 7) is 6.24. The monoisotopic (exact) mass is 472 g/mol. The van der Waals surface area contributed by atoms with Crippen molar-refractivity contribution in [2.45, 2.75) is 39.8 Å². The summed E-state index contributed by atoms with van der Waals surface area (Å²) >= 11 is 0. The summed E-state index contributed by atoms with van der Waals surface area (Å²) in [4.78, 5) is 31.9. The number of carboxylic acid groups (broad SMARTS) is 1. The maximum Gasteiger partial charge on any atom is 0.326 e. The summed E-state index contributed by atoms with van der Waals surface area (Å²) in [5.74, 6) is -0.0639. The number of hydrogen-bond donors (Lipinski definition) is 4. The molecule has 35 heavy (non-hydrogen) atoms. The van der Waals surface area contributed by atoms with Crippen LogP contribution in [0, 0.1) is 20.8 Å². The van der Waals surface area contributed by atoms with Crippen LogP contribution in [0.3, 0.4) is 0 Å². The van der Waals surface area contributed by atoms with Crippen molar-refractivity contribution in [2.75, 3.05) is 5.32 Å². The Morgan fingerprint density at radius 3 is 2.40 bits per heavy atom. The molecule has 2 aromatic heterocycles. The van der Waals surface area contributed by atoms with Gasteiger partial charge in [0.25, 0.3) is 5.91 Å². The molecule has 0 fully saturated rings. The van der Waals surface area contributed by atoms with Crippen molar-refractivity contribution in [3.05, 3.63) is 94.5 Å². The third-order valence-electron chi connectivity index (χ3n) is 5.80. The minimum atomic E-state index is -1.08. The number of imidazole rings is 1. The minimum absolute atomic E-state index is 0.168. The van der Waals surface area contributed by atoms with Crippen molar-refractivity contribution in [1.82, 2.24) is 15.3 Å². The highest BCUT2D eigenvalue weighted by Gasteiger charge is 2.23. The lowest BCUT2D eigenvalue weighted by Crippen LogP contribution is -2.42. The van der Waals surface area contributed by atoms with Gasteiger partial charge in [-0.3, -0.25) is 4.79 Å². The average molecular weight is 473 g/mol. The summed E-state index contributed by atoms with van der Waals surface area (Å²) in [6.07, 6.45) is 5.28. The molecule has 0 saturated carbocycles. The zero-order valence-electron chi connectivity index (χ0n) is 19.9. The molecule has 4 N–H and O–H groups in total. The van der Waals surface area contributed by atoms with Crippen LogP contribution in [0.25, 0.3) is 11.3 Å². The van der Waals surface area contributed by atoms with E-state index in [0.717, 1.165) is 33.4 Å². The molecule has 0 spiro atoms. The third-order valence-corrected chi connectivity index (χ3v) is 5.80. The number of carbonyl (C=O) groups is 2. The second-order valence-corrected chi connectivity index (χ2v) is 8.65. The molecule has 2 heterocycles. The largest absolute Gasteiger partial charge is 0.480 e. The van der Waals surface area contributed by atoms with E-state index < -0.39 is 12.0 Å². The molecule has 0 radical (unpaired) electrons. The molecule has 8 heteroatoms. The van der Waals surface area contributed by atoms with Crippen molar-refractivity contribution >= 4 is 17.8 Å². The molecule has 0 aliphatic heterocycles. The molecule has 0 bridgehead atoms. The second-order valence-electron chi connectivity index (χ2n) is 8.65. The lowest BCUT2D eigenvalue weighted by molar-refractivity contribution is -0.139. The predicted molar refractivity (Wildman–Crippen MR) is 133 cm³/mol. The number of H-pyrrole nitrogens is 1. The number of aromatic amines is 1. The highest BCUT2D eigenvalue weighted by atomic mass is 16.4. The van der Waals surface area contributed by atoms with Gasteiger partial charge < -0.3 is 25.1 Å². The number of anilines is 1. The van der Waals surface area contributed by atoms with Crippen LogP contribution in [-0.2, 0) is 17.8 Å². The van der Waals surface area contributed by atoms with Crippen LogP contribution in [0.4, 0.5) is 5.95 Å². The van der Waals surface area contributed by atoms with E-state index in [2.05, 4.69) is 20.6 Å². The maximum absolute atomic E-state index is 12.9. The molecule has 2 aromatic carbocycles. The highest BCUT2D eigenvalue weighted by molar-refractivity contribution is 5.99. The number of hydrogen-bond acceptors (Lipinski definition) is 5. The topological polar surface area (TPSA) is 120 Å². The Morgan fingerprint density at radius 2 is 1.77 bits per heavy atom. The van der Waals surface area contributed by atoms with Gasteiger partial charge in [-0.2, -0.15) is 0 Å². The van der Waals surface area contributed by atoms with Crippen molar-refractivity contribution < 1.29 is 19.1 Å². The molecule has 1 unspecified atom stereocenters. The van der Waals surface area contributed by atoms with Crippen LogP contribution in [0.5, 0.6) is 0 Å². The standard InChI is InChI=1S/C27H28N4O4/c1-16-10-17(2)24(18(3)11-16)25(32)31-22(26(33)34)12-19-4-6-21(7-5-19)23-13-20(15-35-23)14-30-27-28-8-9-29-27/h4-11,13,15,22H,12,14H2,1-3H3,(H,31,32)(H,33,34)(H2,28,29,30). The second kappa shape index (κ2) is 10.3. The Morgan fingerprint density at radius 1 is 1.06 bits per heavy atom. The molecule has 0 aliphatic rings. The first-order valence-electron chi connectivity index (χ1n) is 11.3. The van der Waals surface area contributed by atoms with Gasteiger partial charge in [-0.1, -0.05) is 42.0 Å². The van der Waals surface area contributed by atoms with Gasteiger partial charge in [0.05, 0.1) is 6.26 Å². The number of carbonyl (C=O) groups excluding carboxylic acids is 1. The number of aryl methyl sites for hydroxylation is 3. The van der Waals surface area contributed by atoms with E-state index in [0.29, 0.717) is 23.8 Å². The summed E-state index contributed by atoms with van der Waals surface area (Å²) in [5, 5.41) is 15.6. The predicted octanol–water partition coefficient (Wildman–Crippen LogP) is 4.63. The number of amides is 1. The third kappa shape index (κ3) is 5.78. The van der Waals surface area contributed by atoms with Crippen LogP contribution < -0.4 is 10.6 Å². The fraction of sp³-hybridized carbons (Fsp3) is 0.222. The smallest absolute Gasteiger partial charge is 0.326 e. The SMILES string of the molecule is Cc1cc(C)c(C(=O)NC(Cc2ccc(-c3cc(CNc4ncc[nH]4)co3)cc2)C(=O)O)c(C)c1. The quantitative estimate of drug-likeness (QED) is 0.282. The van der Waals surface area contributed by atoms with Crippen LogP contribution in [0.1, 0.15) is 38.2 Å². The Bertz CT molecular complexity index is 1300. The van der Waals surface area contributed by atoms with Crippen molar-refractivity contribution in [2.24, 2.45) is 0 Å². The first-order chi connectivity index (χ1) is 16.8. The number of nitrogens with zero attached hydrogens (tertiary/aromatic N) is 1. The lowest BCUT2D eigenvalue weighted by Gasteiger charge is -2.17. The van der Waals surface area contributed by atoms with E-state index in [1.165, 1.54) is 0 Å².